The summed E-state index contributed by atoms with van der Waals surface area (Å²) in [6, 6.07) is 7.61. The van der Waals surface area contributed by atoms with Gasteiger partial charge in [-0.05, 0) is 42.9 Å². The Morgan fingerprint density at radius 3 is 2.43 bits per heavy atom. The Morgan fingerprint density at radius 1 is 1.17 bits per heavy atom. The van der Waals surface area contributed by atoms with Gasteiger partial charge in [-0.3, -0.25) is 0 Å². The molecule has 2 atom stereocenters. The molecule has 0 bridgehead atoms. The molecule has 0 radical (unpaired) electrons. The van der Waals surface area contributed by atoms with E-state index in [0.29, 0.717) is 18.9 Å². The van der Waals surface area contributed by atoms with Gasteiger partial charge in [0, 0.05) is 5.92 Å². The van der Waals surface area contributed by atoms with Crippen LogP contribution in [0.5, 0.6) is 0 Å². The summed E-state index contributed by atoms with van der Waals surface area (Å²) in [5.74, 6) is 0.202. The van der Waals surface area contributed by atoms with E-state index in [0.717, 1.165) is 36.8 Å². The topological polar surface area (TPSA) is 106 Å². The third-order valence-corrected chi connectivity index (χ3v) is 5.62. The van der Waals surface area contributed by atoms with Crippen molar-refractivity contribution in [3.63, 3.8) is 0 Å². The van der Waals surface area contributed by atoms with Gasteiger partial charge in [-0.25, -0.2) is 13.6 Å². The molecule has 23 heavy (non-hydrogen) atoms. The van der Waals surface area contributed by atoms with Crippen LogP contribution in [-0.4, -0.2) is 25.8 Å². The SMILES string of the molecule is NCCC(O)c1cccc(C(CS(N)(=O)=O)C2CCCCC2)c1. The Balaban J connectivity index is 2.28. The zero-order valence-electron chi connectivity index (χ0n) is 13.5. The van der Waals surface area contributed by atoms with E-state index in [-0.39, 0.29) is 11.7 Å². The van der Waals surface area contributed by atoms with Crippen molar-refractivity contribution < 1.29 is 13.5 Å². The van der Waals surface area contributed by atoms with Crippen molar-refractivity contribution >= 4 is 10.0 Å². The van der Waals surface area contributed by atoms with Crippen LogP contribution in [-0.2, 0) is 10.0 Å². The van der Waals surface area contributed by atoms with Crippen LogP contribution < -0.4 is 10.9 Å². The fraction of sp³-hybridized carbons (Fsp3) is 0.647. The molecule has 0 spiro atoms. The van der Waals surface area contributed by atoms with Gasteiger partial charge in [-0.1, -0.05) is 43.5 Å². The molecule has 130 valence electrons. The van der Waals surface area contributed by atoms with Crippen LogP contribution >= 0.6 is 0 Å². The van der Waals surface area contributed by atoms with E-state index in [9.17, 15) is 13.5 Å². The molecule has 0 saturated heterocycles. The van der Waals surface area contributed by atoms with Gasteiger partial charge in [-0.15, -0.1) is 0 Å². The Labute approximate surface area is 139 Å². The van der Waals surface area contributed by atoms with Crippen LogP contribution in [0.4, 0.5) is 0 Å². The van der Waals surface area contributed by atoms with Gasteiger partial charge in [-0.2, -0.15) is 0 Å². The molecule has 0 aromatic heterocycles. The molecule has 5 nitrogen and oxygen atoms in total. The van der Waals surface area contributed by atoms with Crippen LogP contribution in [0.15, 0.2) is 24.3 Å². The predicted octanol–water partition coefficient (Wildman–Crippen LogP) is 2.02. The Kier molecular flexibility index (Phi) is 6.59. The largest absolute Gasteiger partial charge is 0.388 e. The second kappa shape index (κ2) is 8.24. The quantitative estimate of drug-likeness (QED) is 0.706. The summed E-state index contributed by atoms with van der Waals surface area (Å²) >= 11 is 0. The van der Waals surface area contributed by atoms with Crippen LogP contribution in [0.2, 0.25) is 0 Å². The van der Waals surface area contributed by atoms with Crippen molar-refractivity contribution in [1.29, 1.82) is 0 Å². The normalized spacial score (nSPS) is 19.4. The average Bonchev–Trinajstić information content (AvgIpc) is 2.53. The van der Waals surface area contributed by atoms with Crippen molar-refractivity contribution in [2.75, 3.05) is 12.3 Å². The average molecular weight is 340 g/mol. The summed E-state index contributed by atoms with van der Waals surface area (Å²) < 4.78 is 23.4. The first-order chi connectivity index (χ1) is 10.9. The highest BCUT2D eigenvalue weighted by atomic mass is 32.2. The zero-order chi connectivity index (χ0) is 16.9. The summed E-state index contributed by atoms with van der Waals surface area (Å²) in [5.41, 5.74) is 7.26. The van der Waals surface area contributed by atoms with Crippen molar-refractivity contribution in [2.45, 2.75) is 50.5 Å². The summed E-state index contributed by atoms with van der Waals surface area (Å²) in [5, 5.41) is 15.5. The summed E-state index contributed by atoms with van der Waals surface area (Å²) in [6.07, 6.45) is 5.45. The number of benzene rings is 1. The maximum absolute atomic E-state index is 11.7. The first kappa shape index (κ1) is 18.4. The van der Waals surface area contributed by atoms with Gasteiger partial charge >= 0.3 is 0 Å². The highest BCUT2D eigenvalue weighted by Gasteiger charge is 2.28. The molecule has 1 aromatic rings. The molecule has 1 aliphatic rings. The smallest absolute Gasteiger partial charge is 0.209 e. The van der Waals surface area contributed by atoms with E-state index in [4.69, 9.17) is 10.9 Å². The maximum atomic E-state index is 11.7. The van der Waals surface area contributed by atoms with E-state index >= 15 is 0 Å². The van der Waals surface area contributed by atoms with Crippen LogP contribution in [0.3, 0.4) is 0 Å². The van der Waals surface area contributed by atoms with E-state index < -0.39 is 16.1 Å². The molecule has 2 rings (SSSR count). The van der Waals surface area contributed by atoms with Gasteiger partial charge in [0.1, 0.15) is 0 Å². The van der Waals surface area contributed by atoms with Gasteiger partial charge < -0.3 is 10.8 Å². The number of hydrogen-bond acceptors (Lipinski definition) is 4. The number of rotatable bonds is 7. The maximum Gasteiger partial charge on any atom is 0.209 e. The molecule has 1 aliphatic carbocycles. The third-order valence-electron chi connectivity index (χ3n) is 4.79. The Morgan fingerprint density at radius 2 is 1.83 bits per heavy atom. The monoisotopic (exact) mass is 340 g/mol. The van der Waals surface area contributed by atoms with Gasteiger partial charge in [0.05, 0.1) is 11.9 Å². The number of primary sulfonamides is 1. The van der Waals surface area contributed by atoms with E-state index in [1.807, 2.05) is 24.3 Å². The first-order valence-electron chi connectivity index (χ1n) is 8.39. The van der Waals surface area contributed by atoms with E-state index in [2.05, 4.69) is 0 Å². The first-order valence-corrected chi connectivity index (χ1v) is 10.1. The minimum Gasteiger partial charge on any atom is -0.388 e. The fourth-order valence-electron chi connectivity index (χ4n) is 3.61. The fourth-order valence-corrected chi connectivity index (χ4v) is 4.58. The number of nitrogens with two attached hydrogens (primary N) is 2. The lowest BCUT2D eigenvalue weighted by Gasteiger charge is -2.30. The zero-order valence-corrected chi connectivity index (χ0v) is 14.3. The standard InChI is InChI=1S/C17H28N2O3S/c18-10-9-17(20)15-8-4-7-14(11-15)16(12-23(19,21)22)13-5-2-1-3-6-13/h4,7-8,11,13,16-17,20H,1-3,5-6,9-10,12,18H2,(H2,19,21,22). The Bertz CT molecular complexity index is 598. The van der Waals surface area contributed by atoms with Gasteiger partial charge in [0.15, 0.2) is 0 Å². The molecule has 1 saturated carbocycles. The second-order valence-corrected chi connectivity index (χ2v) is 8.26. The van der Waals surface area contributed by atoms with Crippen molar-refractivity contribution in [3.05, 3.63) is 35.4 Å². The molecule has 1 aromatic carbocycles. The minimum absolute atomic E-state index is 0.0336. The summed E-state index contributed by atoms with van der Waals surface area (Å²) in [7, 11) is -3.55. The van der Waals surface area contributed by atoms with Crippen molar-refractivity contribution in [1.82, 2.24) is 0 Å². The Hall–Kier alpha value is -0.950. The van der Waals surface area contributed by atoms with Crippen LogP contribution in [0.1, 0.15) is 61.7 Å². The van der Waals surface area contributed by atoms with Gasteiger partial charge in [0.2, 0.25) is 10.0 Å². The molecule has 0 aliphatic heterocycles. The number of sulfonamides is 1. The summed E-state index contributed by atoms with van der Waals surface area (Å²) in [4.78, 5) is 0. The highest BCUT2D eigenvalue weighted by Crippen LogP contribution is 2.37. The number of aliphatic hydroxyl groups is 1. The molecule has 0 amide bonds. The lowest BCUT2D eigenvalue weighted by molar-refractivity contribution is 0.170. The number of hydrogen-bond donors (Lipinski definition) is 3. The van der Waals surface area contributed by atoms with Gasteiger partial charge in [0.25, 0.3) is 0 Å². The molecular formula is C17H28N2O3S. The van der Waals surface area contributed by atoms with Crippen LogP contribution in [0, 0.1) is 5.92 Å². The van der Waals surface area contributed by atoms with E-state index in [1.54, 1.807) is 0 Å². The molecule has 2 unspecified atom stereocenters. The molecule has 1 fully saturated rings. The predicted molar refractivity (Wildman–Crippen MR) is 92.4 cm³/mol. The second-order valence-electron chi connectivity index (χ2n) is 6.60. The van der Waals surface area contributed by atoms with E-state index in [1.165, 1.54) is 6.42 Å². The van der Waals surface area contributed by atoms with Crippen LogP contribution in [0.25, 0.3) is 0 Å². The molecule has 6 heteroatoms. The highest BCUT2D eigenvalue weighted by molar-refractivity contribution is 7.89. The molecule has 5 N–H and O–H groups in total. The third kappa shape index (κ3) is 5.57. The number of aliphatic hydroxyl groups excluding tert-OH is 1. The minimum atomic E-state index is -3.55. The van der Waals surface area contributed by atoms with Crippen molar-refractivity contribution in [2.24, 2.45) is 16.8 Å². The lowest BCUT2D eigenvalue weighted by atomic mass is 9.77. The van der Waals surface area contributed by atoms with Crippen molar-refractivity contribution in [3.8, 4) is 0 Å². The lowest BCUT2D eigenvalue weighted by Crippen LogP contribution is -2.28. The summed E-state index contributed by atoms with van der Waals surface area (Å²) in [6.45, 7) is 0.411. The molecule has 0 heterocycles. The molecular weight excluding hydrogens is 312 g/mol.